The van der Waals surface area contributed by atoms with Crippen LogP contribution in [0.4, 0.5) is 0 Å². The van der Waals surface area contributed by atoms with Crippen molar-refractivity contribution in [1.29, 1.82) is 0 Å². The first kappa shape index (κ1) is 10.7. The number of methoxy groups -OCH3 is 1. The Morgan fingerprint density at radius 3 is 2.38 bits per heavy atom. The summed E-state index contributed by atoms with van der Waals surface area (Å²) in [5.74, 6) is 0. The zero-order valence-corrected chi connectivity index (χ0v) is 9.57. The number of aryl methyl sites for hydroxylation is 1. The summed E-state index contributed by atoms with van der Waals surface area (Å²) >= 11 is 1.73. The second kappa shape index (κ2) is 4.20. The van der Waals surface area contributed by atoms with Crippen molar-refractivity contribution < 1.29 is 4.74 Å². The van der Waals surface area contributed by atoms with E-state index in [9.17, 15) is 0 Å². The Morgan fingerprint density at radius 1 is 1.46 bits per heavy atom. The van der Waals surface area contributed by atoms with Gasteiger partial charge in [0, 0.05) is 18.2 Å². The van der Waals surface area contributed by atoms with Crippen LogP contribution in [-0.2, 0) is 10.3 Å². The molecule has 0 bridgehead atoms. The van der Waals surface area contributed by atoms with Gasteiger partial charge >= 0.3 is 0 Å². The summed E-state index contributed by atoms with van der Waals surface area (Å²) in [7, 11) is 1.77. The van der Waals surface area contributed by atoms with Gasteiger partial charge in [-0.3, -0.25) is 0 Å². The predicted molar refractivity (Wildman–Crippen MR) is 56.1 cm³/mol. The lowest BCUT2D eigenvalue weighted by molar-refractivity contribution is -0.0218. The van der Waals surface area contributed by atoms with Gasteiger partial charge in [0.05, 0.1) is 0 Å². The molecule has 74 valence electrons. The Kier molecular flexibility index (Phi) is 3.45. The fraction of sp³-hybridized carbons (Fsp3) is 0.700. The molecule has 2 nitrogen and oxygen atoms in total. The second-order valence-corrected chi connectivity index (χ2v) is 4.42. The van der Waals surface area contributed by atoms with E-state index in [-0.39, 0.29) is 5.60 Å². The zero-order valence-electron chi connectivity index (χ0n) is 8.76. The van der Waals surface area contributed by atoms with Gasteiger partial charge in [-0.15, -0.1) is 11.3 Å². The molecule has 0 radical (unpaired) electrons. The molecule has 0 aliphatic rings. The van der Waals surface area contributed by atoms with E-state index in [1.54, 1.807) is 18.4 Å². The van der Waals surface area contributed by atoms with Crippen LogP contribution in [0.25, 0.3) is 0 Å². The van der Waals surface area contributed by atoms with Crippen molar-refractivity contribution in [3.05, 3.63) is 16.1 Å². The summed E-state index contributed by atoms with van der Waals surface area (Å²) in [6, 6.07) is 0. The van der Waals surface area contributed by atoms with Gasteiger partial charge in [-0.05, 0) is 19.8 Å². The maximum atomic E-state index is 5.58. The molecule has 0 saturated heterocycles. The van der Waals surface area contributed by atoms with Gasteiger partial charge in [-0.25, -0.2) is 4.98 Å². The molecule has 1 aromatic rings. The lowest BCUT2D eigenvalue weighted by Gasteiger charge is -2.27. The Morgan fingerprint density at radius 2 is 2.08 bits per heavy atom. The van der Waals surface area contributed by atoms with Crippen LogP contribution < -0.4 is 0 Å². The minimum Gasteiger partial charge on any atom is -0.371 e. The van der Waals surface area contributed by atoms with E-state index < -0.39 is 0 Å². The van der Waals surface area contributed by atoms with Crippen LogP contribution in [-0.4, -0.2) is 12.1 Å². The van der Waals surface area contributed by atoms with Crippen molar-refractivity contribution in [2.75, 3.05) is 7.11 Å². The molecule has 0 aromatic carbocycles. The van der Waals surface area contributed by atoms with Crippen molar-refractivity contribution in [3.8, 4) is 0 Å². The van der Waals surface area contributed by atoms with Gasteiger partial charge in [-0.2, -0.15) is 0 Å². The molecule has 0 atom stereocenters. The molecular formula is C10H17NOS. The molecule has 0 unspecified atom stereocenters. The third-order valence-corrected chi connectivity index (χ3v) is 3.64. The molecule has 0 amide bonds. The normalized spacial score (nSPS) is 12.0. The third-order valence-electron chi connectivity index (χ3n) is 2.54. The van der Waals surface area contributed by atoms with E-state index in [1.807, 2.05) is 6.20 Å². The Balaban J connectivity index is 3.00. The average Bonchev–Trinajstić information content (AvgIpc) is 2.57. The Bertz CT molecular complexity index is 257. The summed E-state index contributed by atoms with van der Waals surface area (Å²) in [4.78, 5) is 5.64. The zero-order chi connectivity index (χ0) is 9.90. The molecule has 1 aromatic heterocycles. The number of rotatable bonds is 4. The standard InChI is InChI=1S/C10H17NOS/c1-5-10(6-2,12-4)9-11-7-8(3)13-9/h7H,5-6H2,1-4H3. The van der Waals surface area contributed by atoms with Crippen LogP contribution in [0.15, 0.2) is 6.20 Å². The monoisotopic (exact) mass is 199 g/mol. The van der Waals surface area contributed by atoms with Gasteiger partial charge in [0.15, 0.2) is 0 Å². The summed E-state index contributed by atoms with van der Waals surface area (Å²) in [5.41, 5.74) is -0.154. The summed E-state index contributed by atoms with van der Waals surface area (Å²) in [5, 5.41) is 1.11. The molecule has 1 rings (SSSR count). The molecule has 13 heavy (non-hydrogen) atoms. The SMILES string of the molecule is CCC(CC)(OC)c1ncc(C)s1. The van der Waals surface area contributed by atoms with E-state index >= 15 is 0 Å². The number of aromatic nitrogens is 1. The molecule has 0 spiro atoms. The van der Waals surface area contributed by atoms with Crippen LogP contribution in [0.5, 0.6) is 0 Å². The van der Waals surface area contributed by atoms with Crippen LogP contribution in [0.1, 0.15) is 36.6 Å². The molecular weight excluding hydrogens is 182 g/mol. The van der Waals surface area contributed by atoms with Crippen molar-refractivity contribution in [3.63, 3.8) is 0 Å². The largest absolute Gasteiger partial charge is 0.371 e. The maximum absolute atomic E-state index is 5.58. The van der Waals surface area contributed by atoms with E-state index in [2.05, 4.69) is 25.8 Å². The van der Waals surface area contributed by atoms with E-state index in [0.717, 1.165) is 17.8 Å². The lowest BCUT2D eigenvalue weighted by Crippen LogP contribution is -2.26. The van der Waals surface area contributed by atoms with E-state index in [4.69, 9.17) is 4.74 Å². The molecule has 1 heterocycles. The number of ether oxygens (including phenoxy) is 1. The molecule has 0 aliphatic heterocycles. The first-order valence-corrected chi connectivity index (χ1v) is 5.48. The average molecular weight is 199 g/mol. The second-order valence-electron chi connectivity index (χ2n) is 3.18. The Hall–Kier alpha value is -0.410. The first-order chi connectivity index (χ1) is 6.18. The van der Waals surface area contributed by atoms with Crippen molar-refractivity contribution in [1.82, 2.24) is 4.98 Å². The van der Waals surface area contributed by atoms with Crippen molar-refractivity contribution in [2.24, 2.45) is 0 Å². The van der Waals surface area contributed by atoms with Crippen LogP contribution in [0.2, 0.25) is 0 Å². The molecule has 0 saturated carbocycles. The number of nitrogens with zero attached hydrogens (tertiary/aromatic N) is 1. The van der Waals surface area contributed by atoms with Gasteiger partial charge in [-0.1, -0.05) is 13.8 Å². The van der Waals surface area contributed by atoms with E-state index in [1.165, 1.54) is 4.88 Å². The minimum atomic E-state index is -0.154. The van der Waals surface area contributed by atoms with Gasteiger partial charge in [0.25, 0.3) is 0 Å². The number of hydrogen-bond donors (Lipinski definition) is 0. The van der Waals surface area contributed by atoms with Crippen LogP contribution in [0.3, 0.4) is 0 Å². The highest BCUT2D eigenvalue weighted by Crippen LogP contribution is 2.34. The topological polar surface area (TPSA) is 22.1 Å². The quantitative estimate of drug-likeness (QED) is 0.743. The Labute approximate surface area is 84.0 Å². The van der Waals surface area contributed by atoms with E-state index in [0.29, 0.717) is 0 Å². The van der Waals surface area contributed by atoms with Crippen molar-refractivity contribution >= 4 is 11.3 Å². The summed E-state index contributed by atoms with van der Waals surface area (Å²) < 4.78 is 5.58. The minimum absolute atomic E-state index is 0.154. The van der Waals surface area contributed by atoms with Gasteiger partial charge in [0.2, 0.25) is 0 Å². The van der Waals surface area contributed by atoms with Crippen LogP contribution in [0, 0.1) is 6.92 Å². The molecule has 0 N–H and O–H groups in total. The smallest absolute Gasteiger partial charge is 0.125 e. The highest BCUT2D eigenvalue weighted by molar-refractivity contribution is 7.11. The summed E-state index contributed by atoms with van der Waals surface area (Å²) in [6.07, 6.45) is 3.87. The highest BCUT2D eigenvalue weighted by Gasteiger charge is 2.30. The molecule has 0 fully saturated rings. The number of thiazole rings is 1. The predicted octanol–water partition coefficient (Wildman–Crippen LogP) is 3.11. The first-order valence-electron chi connectivity index (χ1n) is 4.66. The third kappa shape index (κ3) is 1.92. The van der Waals surface area contributed by atoms with Gasteiger partial charge in [0.1, 0.15) is 10.6 Å². The maximum Gasteiger partial charge on any atom is 0.125 e. The highest BCUT2D eigenvalue weighted by atomic mass is 32.1. The number of hydrogen-bond acceptors (Lipinski definition) is 3. The fourth-order valence-electron chi connectivity index (χ4n) is 1.49. The molecule has 0 aliphatic carbocycles. The fourth-order valence-corrected chi connectivity index (χ4v) is 2.57. The van der Waals surface area contributed by atoms with Gasteiger partial charge < -0.3 is 4.74 Å². The lowest BCUT2D eigenvalue weighted by atomic mass is 9.98. The van der Waals surface area contributed by atoms with Crippen LogP contribution >= 0.6 is 11.3 Å². The summed E-state index contributed by atoms with van der Waals surface area (Å²) in [6.45, 7) is 6.36. The van der Waals surface area contributed by atoms with Crippen molar-refractivity contribution in [2.45, 2.75) is 39.2 Å². The molecule has 3 heteroatoms.